The van der Waals surface area contributed by atoms with E-state index in [4.69, 9.17) is 0 Å². The number of carbonyl (C=O) groups excluding carboxylic acids is 1. The maximum Gasteiger partial charge on any atom is 0.261 e. The molecule has 6 heteroatoms. The third-order valence-electron chi connectivity index (χ3n) is 5.50. The Balaban J connectivity index is 1.27. The molecule has 1 N–H and O–H groups in total. The number of hydrogen-bond donors (Lipinski definition) is 1. The number of piperazine rings is 1. The van der Waals surface area contributed by atoms with E-state index in [-0.39, 0.29) is 5.91 Å². The van der Waals surface area contributed by atoms with Crippen molar-refractivity contribution in [3.05, 3.63) is 53.5 Å². The molecule has 0 unspecified atom stereocenters. The molecule has 0 bridgehead atoms. The van der Waals surface area contributed by atoms with Crippen molar-refractivity contribution in [1.82, 2.24) is 19.7 Å². The van der Waals surface area contributed by atoms with Crippen molar-refractivity contribution < 1.29 is 4.79 Å². The van der Waals surface area contributed by atoms with Crippen LogP contribution in [0.4, 0.5) is 0 Å². The lowest BCUT2D eigenvalue weighted by molar-refractivity contribution is 0.0952. The van der Waals surface area contributed by atoms with E-state index in [1.165, 1.54) is 22.2 Å². The number of para-hydroxylation sites is 1. The lowest BCUT2D eigenvalue weighted by Gasteiger charge is -2.33. The van der Waals surface area contributed by atoms with Gasteiger partial charge in [0.2, 0.25) is 0 Å². The third kappa shape index (κ3) is 4.29. The molecule has 148 valence electrons. The number of benzene rings is 1. The molecule has 3 heterocycles. The minimum Gasteiger partial charge on any atom is -0.351 e. The molecule has 0 saturated carbocycles. The first kappa shape index (κ1) is 19.2. The van der Waals surface area contributed by atoms with Gasteiger partial charge >= 0.3 is 0 Å². The molecule has 0 aliphatic carbocycles. The summed E-state index contributed by atoms with van der Waals surface area (Å²) >= 11 is 1.54. The number of nitrogens with one attached hydrogen (secondary N) is 1. The van der Waals surface area contributed by atoms with Gasteiger partial charge in [0.1, 0.15) is 5.00 Å². The van der Waals surface area contributed by atoms with E-state index < -0.39 is 0 Å². The zero-order valence-corrected chi connectivity index (χ0v) is 17.3. The molecule has 5 nitrogen and oxygen atoms in total. The van der Waals surface area contributed by atoms with Crippen molar-refractivity contribution in [2.24, 2.45) is 0 Å². The van der Waals surface area contributed by atoms with Gasteiger partial charge < -0.3 is 19.7 Å². The summed E-state index contributed by atoms with van der Waals surface area (Å²) in [5, 5.41) is 5.36. The van der Waals surface area contributed by atoms with Crippen LogP contribution in [0.2, 0.25) is 0 Å². The predicted molar refractivity (Wildman–Crippen MR) is 117 cm³/mol. The lowest BCUT2D eigenvalue weighted by atomic mass is 10.2. The van der Waals surface area contributed by atoms with E-state index in [0.29, 0.717) is 0 Å². The summed E-state index contributed by atoms with van der Waals surface area (Å²) < 4.78 is 2.15. The number of fused-ring (bicyclic) bond motifs is 1. The molecule has 4 rings (SSSR count). The van der Waals surface area contributed by atoms with Crippen LogP contribution in [0.25, 0.3) is 15.9 Å². The van der Waals surface area contributed by atoms with E-state index in [1.54, 1.807) is 0 Å². The van der Waals surface area contributed by atoms with E-state index in [0.717, 1.165) is 62.1 Å². The number of rotatable bonds is 7. The van der Waals surface area contributed by atoms with E-state index in [9.17, 15) is 4.79 Å². The summed E-state index contributed by atoms with van der Waals surface area (Å²) in [6.07, 6.45) is 3.06. The monoisotopic (exact) mass is 396 g/mol. The van der Waals surface area contributed by atoms with Crippen LogP contribution >= 0.6 is 11.3 Å². The van der Waals surface area contributed by atoms with Gasteiger partial charge in [0.15, 0.2) is 0 Å². The van der Waals surface area contributed by atoms with Crippen LogP contribution in [0.15, 0.2) is 48.7 Å². The molecule has 1 fully saturated rings. The van der Waals surface area contributed by atoms with Crippen molar-refractivity contribution in [3.63, 3.8) is 0 Å². The van der Waals surface area contributed by atoms with E-state index >= 15 is 0 Å². The standard InChI is InChI=1S/C22H28N4OS/c1-2-24-14-16-25(17-15-24)12-5-11-23-22(27)20-8-9-21(28-20)26-13-10-18-6-3-4-7-19(18)26/h3-4,6-10,13H,2,5,11-12,14-17H2,1H3,(H,23,27). The minimum absolute atomic E-state index is 0.0310. The fourth-order valence-electron chi connectivity index (χ4n) is 3.78. The molecule has 1 aliphatic rings. The van der Waals surface area contributed by atoms with E-state index in [1.807, 2.05) is 24.3 Å². The average Bonchev–Trinajstić information content (AvgIpc) is 3.38. The lowest BCUT2D eigenvalue weighted by Crippen LogP contribution is -2.46. The second-order valence-electron chi connectivity index (χ2n) is 7.27. The largest absolute Gasteiger partial charge is 0.351 e. The first-order valence-corrected chi connectivity index (χ1v) is 11.0. The molecular formula is C22H28N4OS. The van der Waals surface area contributed by atoms with Crippen LogP contribution in [0.3, 0.4) is 0 Å². The Hall–Kier alpha value is -2.15. The highest BCUT2D eigenvalue weighted by atomic mass is 32.1. The summed E-state index contributed by atoms with van der Waals surface area (Å²) in [6.45, 7) is 9.76. The smallest absolute Gasteiger partial charge is 0.261 e. The second kappa shape index (κ2) is 8.90. The Morgan fingerprint density at radius 1 is 1.04 bits per heavy atom. The van der Waals surface area contributed by atoms with Gasteiger partial charge in [0.05, 0.1) is 10.4 Å². The third-order valence-corrected chi connectivity index (χ3v) is 6.58. The molecule has 2 aromatic heterocycles. The van der Waals surface area contributed by atoms with Gasteiger partial charge in [-0.05, 0) is 49.2 Å². The zero-order valence-electron chi connectivity index (χ0n) is 16.4. The van der Waals surface area contributed by atoms with Crippen molar-refractivity contribution in [1.29, 1.82) is 0 Å². The number of nitrogens with zero attached hydrogens (tertiary/aromatic N) is 3. The van der Waals surface area contributed by atoms with Crippen LogP contribution in [0.5, 0.6) is 0 Å². The SMILES string of the molecule is CCN1CCN(CCCNC(=O)c2ccc(-n3ccc4ccccc43)s2)CC1. The van der Waals surface area contributed by atoms with Crippen molar-refractivity contribution in [2.45, 2.75) is 13.3 Å². The zero-order chi connectivity index (χ0) is 19.3. The van der Waals surface area contributed by atoms with Gasteiger partial charge in [-0.1, -0.05) is 25.1 Å². The summed E-state index contributed by atoms with van der Waals surface area (Å²) in [5.74, 6) is 0.0310. The normalized spacial score (nSPS) is 15.9. The van der Waals surface area contributed by atoms with Gasteiger partial charge in [-0.2, -0.15) is 0 Å². The number of aromatic nitrogens is 1. The van der Waals surface area contributed by atoms with Gasteiger partial charge in [0, 0.05) is 38.9 Å². The van der Waals surface area contributed by atoms with Crippen LogP contribution < -0.4 is 5.32 Å². The second-order valence-corrected chi connectivity index (χ2v) is 8.33. The Morgan fingerprint density at radius 3 is 2.64 bits per heavy atom. The summed E-state index contributed by atoms with van der Waals surface area (Å²) in [5.41, 5.74) is 1.17. The highest BCUT2D eigenvalue weighted by Crippen LogP contribution is 2.26. The molecule has 28 heavy (non-hydrogen) atoms. The maximum absolute atomic E-state index is 12.5. The average molecular weight is 397 g/mol. The number of carbonyl (C=O) groups is 1. The van der Waals surface area contributed by atoms with Gasteiger partial charge in [-0.15, -0.1) is 11.3 Å². The first-order valence-electron chi connectivity index (χ1n) is 10.1. The predicted octanol–water partition coefficient (Wildman–Crippen LogP) is 3.45. The van der Waals surface area contributed by atoms with Gasteiger partial charge in [-0.25, -0.2) is 0 Å². The maximum atomic E-state index is 12.5. The first-order chi connectivity index (χ1) is 13.7. The number of thiophene rings is 1. The Labute approximate surface area is 170 Å². The Kier molecular flexibility index (Phi) is 6.10. The van der Waals surface area contributed by atoms with Crippen molar-refractivity contribution in [2.75, 3.05) is 45.8 Å². The summed E-state index contributed by atoms with van der Waals surface area (Å²) in [4.78, 5) is 18.2. The molecule has 0 radical (unpaired) electrons. The quantitative estimate of drug-likeness (QED) is 0.622. The van der Waals surface area contributed by atoms with Crippen LogP contribution in [0, 0.1) is 0 Å². The Bertz CT molecular complexity index is 923. The number of likely N-dealkylation sites (N-methyl/N-ethyl adjacent to an activating group) is 1. The molecule has 0 atom stereocenters. The summed E-state index contributed by atoms with van der Waals surface area (Å²) in [6, 6.07) is 14.4. The van der Waals surface area contributed by atoms with Crippen molar-refractivity contribution in [3.8, 4) is 5.00 Å². The highest BCUT2D eigenvalue weighted by molar-refractivity contribution is 7.16. The van der Waals surface area contributed by atoms with Crippen molar-refractivity contribution >= 4 is 28.1 Å². The molecule has 0 spiro atoms. The topological polar surface area (TPSA) is 40.5 Å². The highest BCUT2D eigenvalue weighted by Gasteiger charge is 2.15. The van der Waals surface area contributed by atoms with E-state index in [2.05, 4.69) is 51.0 Å². The number of amides is 1. The molecule has 1 aliphatic heterocycles. The summed E-state index contributed by atoms with van der Waals surface area (Å²) in [7, 11) is 0. The van der Waals surface area contributed by atoms with Crippen LogP contribution in [-0.4, -0.2) is 66.1 Å². The van der Waals surface area contributed by atoms with Gasteiger partial charge in [0.25, 0.3) is 5.91 Å². The molecule has 1 saturated heterocycles. The molecule has 3 aromatic rings. The van der Waals surface area contributed by atoms with Crippen LogP contribution in [-0.2, 0) is 0 Å². The fraction of sp³-hybridized carbons (Fsp3) is 0.409. The van der Waals surface area contributed by atoms with Crippen LogP contribution in [0.1, 0.15) is 23.0 Å². The number of hydrogen-bond acceptors (Lipinski definition) is 4. The fourth-order valence-corrected chi connectivity index (χ4v) is 4.70. The molecule has 1 amide bonds. The minimum atomic E-state index is 0.0310. The molecule has 1 aromatic carbocycles. The Morgan fingerprint density at radius 2 is 1.82 bits per heavy atom. The molecular weight excluding hydrogens is 368 g/mol. The van der Waals surface area contributed by atoms with Gasteiger partial charge in [-0.3, -0.25) is 4.79 Å².